The maximum absolute atomic E-state index is 13.7. The van der Waals surface area contributed by atoms with E-state index in [1.54, 1.807) is 19.2 Å². The number of aliphatic hydroxyl groups excluding tert-OH is 1. The fourth-order valence-electron chi connectivity index (χ4n) is 1.65. The zero-order valence-corrected chi connectivity index (χ0v) is 11.4. The molecule has 1 rings (SSSR count). The molecule has 0 aliphatic heterocycles. The van der Waals surface area contributed by atoms with Crippen molar-refractivity contribution in [3.8, 4) is 5.75 Å². The van der Waals surface area contributed by atoms with Crippen LogP contribution in [0.25, 0.3) is 0 Å². The van der Waals surface area contributed by atoms with Gasteiger partial charge >= 0.3 is 0 Å². The van der Waals surface area contributed by atoms with E-state index in [0.29, 0.717) is 24.2 Å². The van der Waals surface area contributed by atoms with Crippen LogP contribution in [0, 0.1) is 5.82 Å². The third-order valence-corrected chi connectivity index (χ3v) is 3.14. The Morgan fingerprint density at radius 3 is 2.50 bits per heavy atom. The lowest BCUT2D eigenvalue weighted by atomic mass is 9.96. The Labute approximate surface area is 108 Å². The van der Waals surface area contributed by atoms with E-state index in [1.807, 2.05) is 13.8 Å². The molecule has 1 N–H and O–H groups in total. The molecule has 18 heavy (non-hydrogen) atoms. The summed E-state index contributed by atoms with van der Waals surface area (Å²) in [5.41, 5.74) is -0.0214. The van der Waals surface area contributed by atoms with Gasteiger partial charge in [-0.2, -0.15) is 0 Å². The highest BCUT2D eigenvalue weighted by molar-refractivity contribution is 5.30. The lowest BCUT2D eigenvalue weighted by Crippen LogP contribution is -2.23. The molecular formula is C14H21FO3. The number of rotatable bonds is 6. The van der Waals surface area contributed by atoms with Crippen LogP contribution in [0.1, 0.15) is 38.4 Å². The molecule has 1 atom stereocenters. The van der Waals surface area contributed by atoms with Crippen molar-refractivity contribution >= 4 is 0 Å². The maximum atomic E-state index is 13.7. The molecule has 0 bridgehead atoms. The fourth-order valence-corrected chi connectivity index (χ4v) is 1.65. The van der Waals surface area contributed by atoms with Gasteiger partial charge in [-0.05, 0) is 38.8 Å². The summed E-state index contributed by atoms with van der Waals surface area (Å²) >= 11 is 0. The summed E-state index contributed by atoms with van der Waals surface area (Å²) in [4.78, 5) is 0. The molecule has 0 saturated carbocycles. The molecule has 1 aromatic rings. The lowest BCUT2D eigenvalue weighted by Gasteiger charge is -2.24. The molecule has 0 aliphatic rings. The molecule has 102 valence electrons. The van der Waals surface area contributed by atoms with Crippen LogP contribution in [0.3, 0.4) is 0 Å². The second-order valence-corrected chi connectivity index (χ2v) is 4.91. The molecule has 0 heterocycles. The van der Waals surface area contributed by atoms with Gasteiger partial charge in [0, 0.05) is 18.7 Å². The van der Waals surface area contributed by atoms with E-state index in [-0.39, 0.29) is 5.60 Å². The summed E-state index contributed by atoms with van der Waals surface area (Å²) in [6, 6.07) is 4.47. The summed E-state index contributed by atoms with van der Waals surface area (Å²) in [7, 11) is 3.10. The molecule has 3 nitrogen and oxygen atoms in total. The van der Waals surface area contributed by atoms with E-state index in [0.717, 1.165) is 0 Å². The second-order valence-electron chi connectivity index (χ2n) is 4.91. The molecule has 0 aromatic heterocycles. The number of halogens is 1. The molecule has 0 saturated heterocycles. The third-order valence-electron chi connectivity index (χ3n) is 3.14. The van der Waals surface area contributed by atoms with Crippen LogP contribution in [-0.4, -0.2) is 24.9 Å². The monoisotopic (exact) mass is 256 g/mol. The van der Waals surface area contributed by atoms with Crippen LogP contribution in [0.5, 0.6) is 5.75 Å². The molecule has 4 heteroatoms. The Bertz CT molecular complexity index is 391. The minimum Gasteiger partial charge on any atom is -0.497 e. The van der Waals surface area contributed by atoms with E-state index in [2.05, 4.69) is 0 Å². The molecule has 1 unspecified atom stereocenters. The highest BCUT2D eigenvalue weighted by atomic mass is 19.1. The first-order valence-electron chi connectivity index (χ1n) is 5.96. The van der Waals surface area contributed by atoms with Gasteiger partial charge in [-0.1, -0.05) is 0 Å². The van der Waals surface area contributed by atoms with Crippen LogP contribution >= 0.6 is 0 Å². The van der Waals surface area contributed by atoms with Crippen molar-refractivity contribution < 1.29 is 19.0 Å². The van der Waals surface area contributed by atoms with Crippen molar-refractivity contribution in [2.45, 2.75) is 38.4 Å². The first-order valence-corrected chi connectivity index (χ1v) is 5.96. The number of ether oxygens (including phenoxy) is 2. The SMILES string of the molecule is COc1ccc(C(O)CCC(C)(C)OC)c(F)c1. The largest absolute Gasteiger partial charge is 0.497 e. The minimum atomic E-state index is -0.828. The molecule has 0 amide bonds. The standard InChI is InChI=1S/C14H21FO3/c1-14(2,18-4)8-7-13(16)11-6-5-10(17-3)9-12(11)15/h5-6,9,13,16H,7-8H2,1-4H3. The Morgan fingerprint density at radius 2 is 2.00 bits per heavy atom. The second kappa shape index (κ2) is 6.16. The molecule has 0 radical (unpaired) electrons. The van der Waals surface area contributed by atoms with Crippen molar-refractivity contribution in [1.82, 2.24) is 0 Å². The van der Waals surface area contributed by atoms with Crippen LogP contribution in [0.4, 0.5) is 4.39 Å². The average molecular weight is 256 g/mol. The molecule has 0 spiro atoms. The Morgan fingerprint density at radius 1 is 1.33 bits per heavy atom. The predicted molar refractivity (Wildman–Crippen MR) is 68.2 cm³/mol. The molecule has 0 aliphatic carbocycles. The van der Waals surface area contributed by atoms with E-state index < -0.39 is 11.9 Å². The summed E-state index contributed by atoms with van der Waals surface area (Å²) in [5.74, 6) is -0.00209. The quantitative estimate of drug-likeness (QED) is 0.850. The number of hydrogen-bond acceptors (Lipinski definition) is 3. The Kier molecular flexibility index (Phi) is 5.11. The maximum Gasteiger partial charge on any atom is 0.132 e. The topological polar surface area (TPSA) is 38.7 Å². The highest BCUT2D eigenvalue weighted by Gasteiger charge is 2.20. The minimum absolute atomic E-state index is 0.294. The van der Waals surface area contributed by atoms with Gasteiger partial charge in [0.25, 0.3) is 0 Å². The van der Waals surface area contributed by atoms with E-state index >= 15 is 0 Å². The van der Waals surface area contributed by atoms with Crippen molar-refractivity contribution in [2.75, 3.05) is 14.2 Å². The van der Waals surface area contributed by atoms with Gasteiger partial charge in [-0.3, -0.25) is 0 Å². The summed E-state index contributed by atoms with van der Waals surface area (Å²) in [5, 5.41) is 9.99. The first-order chi connectivity index (χ1) is 8.39. The number of benzene rings is 1. The molecule has 0 fully saturated rings. The van der Waals surface area contributed by atoms with Gasteiger partial charge in [0.2, 0.25) is 0 Å². The summed E-state index contributed by atoms with van der Waals surface area (Å²) in [6.45, 7) is 3.87. The van der Waals surface area contributed by atoms with Gasteiger partial charge in [0.15, 0.2) is 0 Å². The van der Waals surface area contributed by atoms with Crippen LogP contribution < -0.4 is 4.74 Å². The van der Waals surface area contributed by atoms with Gasteiger partial charge in [-0.25, -0.2) is 4.39 Å². The Balaban J connectivity index is 2.70. The Hall–Kier alpha value is -1.13. The van der Waals surface area contributed by atoms with Crippen molar-refractivity contribution in [1.29, 1.82) is 0 Å². The number of aliphatic hydroxyl groups is 1. The average Bonchev–Trinajstić information content (AvgIpc) is 2.36. The van der Waals surface area contributed by atoms with Crippen LogP contribution in [0.2, 0.25) is 0 Å². The van der Waals surface area contributed by atoms with Crippen molar-refractivity contribution in [3.05, 3.63) is 29.6 Å². The van der Waals surface area contributed by atoms with Gasteiger partial charge in [0.05, 0.1) is 18.8 Å². The van der Waals surface area contributed by atoms with Crippen molar-refractivity contribution in [2.24, 2.45) is 0 Å². The van der Waals surface area contributed by atoms with Gasteiger partial charge < -0.3 is 14.6 Å². The van der Waals surface area contributed by atoms with Gasteiger partial charge in [0.1, 0.15) is 11.6 Å². The molecular weight excluding hydrogens is 235 g/mol. The lowest BCUT2D eigenvalue weighted by molar-refractivity contribution is 0.00247. The third kappa shape index (κ3) is 3.96. The van der Waals surface area contributed by atoms with E-state index in [1.165, 1.54) is 13.2 Å². The van der Waals surface area contributed by atoms with E-state index in [9.17, 15) is 9.50 Å². The molecule has 1 aromatic carbocycles. The summed E-state index contributed by atoms with van der Waals surface area (Å²) in [6.07, 6.45) is 0.269. The summed E-state index contributed by atoms with van der Waals surface area (Å²) < 4.78 is 23.9. The van der Waals surface area contributed by atoms with Crippen LogP contribution in [-0.2, 0) is 4.74 Å². The van der Waals surface area contributed by atoms with Crippen molar-refractivity contribution in [3.63, 3.8) is 0 Å². The predicted octanol–water partition coefficient (Wildman–Crippen LogP) is 3.07. The number of hydrogen-bond donors (Lipinski definition) is 1. The van der Waals surface area contributed by atoms with Gasteiger partial charge in [-0.15, -0.1) is 0 Å². The fraction of sp³-hybridized carbons (Fsp3) is 0.571. The highest BCUT2D eigenvalue weighted by Crippen LogP contribution is 2.27. The van der Waals surface area contributed by atoms with E-state index in [4.69, 9.17) is 9.47 Å². The normalized spacial score (nSPS) is 13.4. The first kappa shape index (κ1) is 14.9. The van der Waals surface area contributed by atoms with Crippen LogP contribution in [0.15, 0.2) is 18.2 Å². The smallest absolute Gasteiger partial charge is 0.132 e. The number of methoxy groups -OCH3 is 2. The zero-order chi connectivity index (χ0) is 13.8. The zero-order valence-electron chi connectivity index (χ0n) is 11.4.